The van der Waals surface area contributed by atoms with Crippen molar-refractivity contribution in [3.63, 3.8) is 0 Å². The summed E-state index contributed by atoms with van der Waals surface area (Å²) in [6.45, 7) is 8.61. The third-order valence-corrected chi connectivity index (χ3v) is 5.34. The fraction of sp³-hybridized carbons (Fsp3) is 0.700. The molecule has 0 bridgehead atoms. The van der Waals surface area contributed by atoms with Crippen LogP contribution in [-0.2, 0) is 4.74 Å². The smallest absolute Gasteiger partial charge is 0.410 e. The molecule has 0 spiro atoms. The van der Waals surface area contributed by atoms with Crippen molar-refractivity contribution in [2.45, 2.75) is 58.1 Å². The van der Waals surface area contributed by atoms with Crippen molar-refractivity contribution in [1.29, 1.82) is 0 Å². The molecule has 2 aliphatic rings. The van der Waals surface area contributed by atoms with Gasteiger partial charge < -0.3 is 14.4 Å². The summed E-state index contributed by atoms with van der Waals surface area (Å²) in [5.41, 5.74) is 0.624. The second-order valence-corrected chi connectivity index (χ2v) is 8.41. The Hall–Kier alpha value is -1.85. The number of pyridine rings is 1. The molecule has 1 amide bonds. The third kappa shape index (κ3) is 4.27. The fourth-order valence-electron chi connectivity index (χ4n) is 3.73. The molecule has 144 valence electrons. The normalized spacial score (nSPS) is 27.7. The van der Waals surface area contributed by atoms with E-state index in [0.29, 0.717) is 43.1 Å². The molecule has 1 saturated heterocycles. The van der Waals surface area contributed by atoms with Crippen LogP contribution in [0.3, 0.4) is 0 Å². The largest absolute Gasteiger partial charge is 0.490 e. The van der Waals surface area contributed by atoms with Crippen LogP contribution in [0.15, 0.2) is 18.5 Å². The van der Waals surface area contributed by atoms with Crippen LogP contribution < -0.4 is 4.74 Å². The summed E-state index contributed by atoms with van der Waals surface area (Å²) in [4.78, 5) is 18.1. The number of halogens is 1. The van der Waals surface area contributed by atoms with Crippen LogP contribution in [0.4, 0.5) is 9.18 Å². The number of rotatable bonds is 6. The number of hydrogen-bond acceptors (Lipinski definition) is 4. The second-order valence-electron chi connectivity index (χ2n) is 8.41. The van der Waals surface area contributed by atoms with E-state index in [1.807, 2.05) is 33.0 Å². The highest BCUT2D eigenvalue weighted by Gasteiger charge is 2.47. The predicted octanol–water partition coefficient (Wildman–Crippen LogP) is 4.18. The highest BCUT2D eigenvalue weighted by Crippen LogP contribution is 2.55. The van der Waals surface area contributed by atoms with E-state index < -0.39 is 5.60 Å². The topological polar surface area (TPSA) is 51.7 Å². The van der Waals surface area contributed by atoms with Gasteiger partial charge in [-0.3, -0.25) is 9.37 Å². The highest BCUT2D eigenvalue weighted by atomic mass is 19.1. The van der Waals surface area contributed by atoms with Crippen molar-refractivity contribution in [3.8, 4) is 5.75 Å². The average molecular weight is 364 g/mol. The molecule has 1 saturated carbocycles. The van der Waals surface area contributed by atoms with Gasteiger partial charge in [0.2, 0.25) is 0 Å². The Morgan fingerprint density at radius 3 is 2.77 bits per heavy atom. The van der Waals surface area contributed by atoms with E-state index in [1.165, 1.54) is 0 Å². The van der Waals surface area contributed by atoms with E-state index in [9.17, 15) is 9.18 Å². The van der Waals surface area contributed by atoms with E-state index in [2.05, 4.69) is 11.9 Å². The number of carbonyl (C=O) groups excluding carboxylic acids is 1. The number of carbonyl (C=O) groups is 1. The minimum absolute atomic E-state index is 0.0349. The Morgan fingerprint density at radius 2 is 2.15 bits per heavy atom. The van der Waals surface area contributed by atoms with Crippen molar-refractivity contribution >= 4 is 6.09 Å². The van der Waals surface area contributed by atoms with Gasteiger partial charge in [-0.25, -0.2) is 4.79 Å². The van der Waals surface area contributed by atoms with Crippen molar-refractivity contribution in [2.24, 2.45) is 11.8 Å². The molecule has 0 radical (unpaired) electrons. The van der Waals surface area contributed by atoms with Crippen LogP contribution >= 0.6 is 0 Å². The van der Waals surface area contributed by atoms with Gasteiger partial charge in [-0.15, -0.1) is 0 Å². The van der Waals surface area contributed by atoms with E-state index in [4.69, 9.17) is 9.47 Å². The Morgan fingerprint density at radius 1 is 1.38 bits per heavy atom. The first-order chi connectivity index (χ1) is 12.3. The zero-order valence-corrected chi connectivity index (χ0v) is 16.1. The molecule has 1 aromatic rings. The molecule has 0 N–H and O–H groups in total. The lowest BCUT2D eigenvalue weighted by molar-refractivity contribution is -0.0141. The molecule has 1 aliphatic carbocycles. The number of ether oxygens (including phenoxy) is 2. The lowest BCUT2D eigenvalue weighted by Crippen LogP contribution is -2.55. The lowest BCUT2D eigenvalue weighted by atomic mass is 10.1. The summed E-state index contributed by atoms with van der Waals surface area (Å²) in [7, 11) is 0. The number of likely N-dealkylation sites (tertiary alicyclic amines) is 1. The summed E-state index contributed by atoms with van der Waals surface area (Å²) in [6, 6.07) is 2.04. The van der Waals surface area contributed by atoms with Crippen LogP contribution in [0, 0.1) is 11.8 Å². The zero-order valence-electron chi connectivity index (χ0n) is 16.1. The molecule has 6 heteroatoms. The average Bonchev–Trinajstić information content (AvgIpc) is 3.15. The maximum Gasteiger partial charge on any atom is 0.410 e. The Labute approximate surface area is 154 Å². The van der Waals surface area contributed by atoms with Crippen LogP contribution in [0.25, 0.3) is 0 Å². The summed E-state index contributed by atoms with van der Waals surface area (Å²) >= 11 is 0. The van der Waals surface area contributed by atoms with E-state index in [0.717, 1.165) is 12.0 Å². The van der Waals surface area contributed by atoms with Gasteiger partial charge in [-0.2, -0.15) is 0 Å². The Bertz CT molecular complexity index is 646. The van der Waals surface area contributed by atoms with Gasteiger partial charge in [-0.05, 0) is 63.0 Å². The van der Waals surface area contributed by atoms with Gasteiger partial charge in [0.05, 0.1) is 18.9 Å². The molecule has 0 aromatic carbocycles. The van der Waals surface area contributed by atoms with Crippen LogP contribution in [0.5, 0.6) is 5.75 Å². The summed E-state index contributed by atoms with van der Waals surface area (Å²) in [5, 5.41) is 0. The molecule has 1 aromatic heterocycles. The fourth-order valence-corrected chi connectivity index (χ4v) is 3.73. The molecular formula is C20H29FN2O3. The Balaban J connectivity index is 1.53. The van der Waals surface area contributed by atoms with Crippen molar-refractivity contribution < 1.29 is 18.7 Å². The van der Waals surface area contributed by atoms with Gasteiger partial charge >= 0.3 is 6.09 Å². The summed E-state index contributed by atoms with van der Waals surface area (Å²) in [5.74, 6) is 1.99. The number of alkyl halides is 1. The van der Waals surface area contributed by atoms with Gasteiger partial charge in [0.25, 0.3) is 0 Å². The Kier molecular flexibility index (Phi) is 5.39. The first kappa shape index (κ1) is 18.9. The minimum atomic E-state index is -0.493. The van der Waals surface area contributed by atoms with E-state index in [1.54, 1.807) is 11.1 Å². The number of hydrogen-bond donors (Lipinski definition) is 0. The SMILES string of the molecule is CC1C(CCF)C1c1cncc(OCC2CCN2C(=O)OC(C)(C)C)c1. The monoisotopic (exact) mass is 364 g/mol. The molecule has 4 atom stereocenters. The van der Waals surface area contributed by atoms with Crippen molar-refractivity contribution in [2.75, 3.05) is 19.8 Å². The zero-order chi connectivity index (χ0) is 18.9. The van der Waals surface area contributed by atoms with Gasteiger partial charge in [0, 0.05) is 12.7 Å². The first-order valence-electron chi connectivity index (χ1n) is 9.43. The maximum absolute atomic E-state index is 12.6. The molecule has 1 aliphatic heterocycles. The third-order valence-electron chi connectivity index (χ3n) is 5.34. The van der Waals surface area contributed by atoms with Crippen LogP contribution in [-0.4, -0.2) is 47.4 Å². The van der Waals surface area contributed by atoms with E-state index >= 15 is 0 Å². The highest BCUT2D eigenvalue weighted by molar-refractivity contribution is 5.69. The molecular weight excluding hydrogens is 335 g/mol. The number of amides is 1. The van der Waals surface area contributed by atoms with Crippen LogP contribution in [0.1, 0.15) is 52.0 Å². The predicted molar refractivity (Wildman–Crippen MR) is 97.1 cm³/mol. The molecule has 3 rings (SSSR count). The van der Waals surface area contributed by atoms with Crippen molar-refractivity contribution in [3.05, 3.63) is 24.0 Å². The molecule has 2 heterocycles. The number of nitrogens with zero attached hydrogens (tertiary/aromatic N) is 2. The minimum Gasteiger partial charge on any atom is -0.490 e. The van der Waals surface area contributed by atoms with E-state index in [-0.39, 0.29) is 18.8 Å². The van der Waals surface area contributed by atoms with Gasteiger partial charge in [-0.1, -0.05) is 6.92 Å². The molecule has 2 fully saturated rings. The van der Waals surface area contributed by atoms with Crippen LogP contribution in [0.2, 0.25) is 0 Å². The molecule has 5 nitrogen and oxygen atoms in total. The standard InChI is InChI=1S/C20H29FN2O3/c1-13-17(5-7-21)18(13)14-9-16(11-22-10-14)25-12-15-6-8-23(15)19(24)26-20(2,3)4/h9-11,13,15,17-18H,5-8,12H2,1-4H3. The summed E-state index contributed by atoms with van der Waals surface area (Å²) in [6.07, 6.45) is 4.78. The second kappa shape index (κ2) is 7.41. The molecule has 4 unspecified atom stereocenters. The maximum atomic E-state index is 12.6. The lowest BCUT2D eigenvalue weighted by Gasteiger charge is -2.40. The van der Waals surface area contributed by atoms with Gasteiger partial charge in [0.15, 0.2) is 0 Å². The van der Waals surface area contributed by atoms with Gasteiger partial charge in [0.1, 0.15) is 18.0 Å². The molecule has 26 heavy (non-hydrogen) atoms. The number of aromatic nitrogens is 1. The van der Waals surface area contributed by atoms with Crippen molar-refractivity contribution in [1.82, 2.24) is 9.88 Å². The first-order valence-corrected chi connectivity index (χ1v) is 9.43. The summed E-state index contributed by atoms with van der Waals surface area (Å²) < 4.78 is 23.9. The quantitative estimate of drug-likeness (QED) is 0.760.